The Morgan fingerprint density at radius 1 is 1.36 bits per heavy atom. The molecule has 0 spiro atoms. The third kappa shape index (κ3) is 2.98. The zero-order valence-electron chi connectivity index (χ0n) is 13.7. The highest BCUT2D eigenvalue weighted by Crippen LogP contribution is 2.50. The Bertz CT molecular complexity index is 831. The number of hydrogen-bond acceptors (Lipinski definition) is 7. The average molecular weight is 370 g/mol. The Morgan fingerprint density at radius 3 is 2.68 bits per heavy atom. The van der Waals surface area contributed by atoms with E-state index < -0.39 is 33.4 Å². The van der Waals surface area contributed by atoms with Crippen LogP contribution < -0.4 is 8.92 Å². The lowest BCUT2D eigenvalue weighted by Crippen LogP contribution is -2.52. The first kappa shape index (κ1) is 17.7. The number of methoxy groups -OCH3 is 1. The zero-order chi connectivity index (χ0) is 18.4. The fourth-order valence-electron chi connectivity index (χ4n) is 3.56. The number of carbonyl (C=O) groups excluding carboxylic acids is 1. The molecule has 25 heavy (non-hydrogen) atoms. The van der Waals surface area contributed by atoms with Gasteiger partial charge >= 0.3 is 16.1 Å². The standard InChI is InChI=1S/C16H18O8S/c1-22-13-7-9(3-5-12(13)24-25(2,20)21)11-8-10-4-6-14(17)16(11,23-10)15(18)19/h3,5,7,10-11H,4,6,8H2,1-2H3,(H,18,19)/t10-,11-,16-/m1/s1. The largest absolute Gasteiger partial charge is 0.493 e. The van der Waals surface area contributed by atoms with Crippen molar-refractivity contribution >= 4 is 21.9 Å². The molecule has 136 valence electrons. The second-order valence-corrected chi connectivity index (χ2v) is 7.80. The lowest BCUT2D eigenvalue weighted by Gasteiger charge is -2.31. The number of carboxylic acid groups (broad SMARTS) is 1. The zero-order valence-corrected chi connectivity index (χ0v) is 14.5. The predicted octanol–water partition coefficient (Wildman–Crippen LogP) is 1.09. The van der Waals surface area contributed by atoms with Crippen molar-refractivity contribution in [1.29, 1.82) is 0 Å². The summed E-state index contributed by atoms with van der Waals surface area (Å²) in [6, 6.07) is 4.42. The van der Waals surface area contributed by atoms with Crippen molar-refractivity contribution in [1.82, 2.24) is 0 Å². The fraction of sp³-hybridized carbons (Fsp3) is 0.500. The van der Waals surface area contributed by atoms with Crippen molar-refractivity contribution < 1.29 is 36.8 Å². The van der Waals surface area contributed by atoms with Crippen LogP contribution in [0.4, 0.5) is 0 Å². The van der Waals surface area contributed by atoms with Gasteiger partial charge in [0.1, 0.15) is 0 Å². The van der Waals surface area contributed by atoms with Crippen molar-refractivity contribution in [2.75, 3.05) is 13.4 Å². The SMILES string of the molecule is COc1cc([C@H]2C[C@H]3CCC(=O)[C@]2(C(=O)O)O3)ccc1OS(C)(=O)=O. The van der Waals surface area contributed by atoms with Crippen LogP contribution in [0.3, 0.4) is 0 Å². The molecule has 1 aromatic carbocycles. The van der Waals surface area contributed by atoms with Gasteiger partial charge in [-0.2, -0.15) is 8.42 Å². The summed E-state index contributed by atoms with van der Waals surface area (Å²) < 4.78 is 38.3. The van der Waals surface area contributed by atoms with E-state index in [1.165, 1.54) is 25.3 Å². The van der Waals surface area contributed by atoms with E-state index in [9.17, 15) is 23.1 Å². The summed E-state index contributed by atoms with van der Waals surface area (Å²) in [7, 11) is -2.40. The molecular weight excluding hydrogens is 352 g/mol. The smallest absolute Gasteiger partial charge is 0.344 e. The van der Waals surface area contributed by atoms with Crippen LogP contribution >= 0.6 is 0 Å². The molecule has 0 unspecified atom stereocenters. The number of rotatable bonds is 5. The van der Waals surface area contributed by atoms with Crippen LogP contribution in [-0.2, 0) is 24.4 Å². The van der Waals surface area contributed by atoms with Crippen LogP contribution in [0.25, 0.3) is 0 Å². The second kappa shape index (κ2) is 5.99. The average Bonchev–Trinajstić information content (AvgIpc) is 2.86. The molecule has 2 bridgehead atoms. The highest BCUT2D eigenvalue weighted by atomic mass is 32.2. The van der Waals surface area contributed by atoms with E-state index >= 15 is 0 Å². The van der Waals surface area contributed by atoms with Gasteiger partial charge < -0.3 is 18.8 Å². The summed E-state index contributed by atoms with van der Waals surface area (Å²) in [6.07, 6.45) is 1.67. The summed E-state index contributed by atoms with van der Waals surface area (Å²) >= 11 is 0. The van der Waals surface area contributed by atoms with Crippen LogP contribution in [0, 0.1) is 0 Å². The molecule has 2 fully saturated rings. The number of hydrogen-bond donors (Lipinski definition) is 1. The van der Waals surface area contributed by atoms with Crippen LogP contribution in [0.2, 0.25) is 0 Å². The van der Waals surface area contributed by atoms with Gasteiger partial charge in [0.05, 0.1) is 19.5 Å². The van der Waals surface area contributed by atoms with Crippen LogP contribution in [-0.4, -0.2) is 50.3 Å². The molecule has 3 atom stereocenters. The minimum atomic E-state index is -3.74. The van der Waals surface area contributed by atoms with Gasteiger partial charge in [-0.1, -0.05) is 6.07 Å². The van der Waals surface area contributed by atoms with Gasteiger partial charge in [-0.25, -0.2) is 4.79 Å². The van der Waals surface area contributed by atoms with Crippen molar-refractivity contribution in [3.8, 4) is 11.5 Å². The molecule has 9 heteroatoms. The van der Waals surface area contributed by atoms with Gasteiger partial charge in [-0.05, 0) is 30.5 Å². The topological polar surface area (TPSA) is 116 Å². The first-order chi connectivity index (χ1) is 11.7. The third-order valence-corrected chi connectivity index (χ3v) is 5.08. The first-order valence-electron chi connectivity index (χ1n) is 7.69. The van der Waals surface area contributed by atoms with E-state index in [1.54, 1.807) is 0 Å². The van der Waals surface area contributed by atoms with Crippen LogP contribution in [0.5, 0.6) is 11.5 Å². The third-order valence-electron chi connectivity index (χ3n) is 4.60. The highest BCUT2D eigenvalue weighted by Gasteiger charge is 2.62. The van der Waals surface area contributed by atoms with Crippen molar-refractivity contribution in [2.45, 2.75) is 36.9 Å². The summed E-state index contributed by atoms with van der Waals surface area (Å²) in [5.74, 6) is -2.30. The Balaban J connectivity index is 2.04. The van der Waals surface area contributed by atoms with Gasteiger partial charge in [0.25, 0.3) is 0 Å². The molecule has 2 saturated heterocycles. The number of carboxylic acids is 1. The molecule has 0 amide bonds. The number of benzene rings is 1. The van der Waals surface area contributed by atoms with E-state index in [-0.39, 0.29) is 24.0 Å². The lowest BCUT2D eigenvalue weighted by molar-refractivity contribution is -0.177. The maximum Gasteiger partial charge on any atom is 0.344 e. The number of carbonyl (C=O) groups is 2. The minimum Gasteiger partial charge on any atom is -0.493 e. The second-order valence-electron chi connectivity index (χ2n) is 6.23. The number of Topliss-reactive ketones (excluding diaryl/α,β-unsaturated/α-hetero) is 1. The number of aliphatic carboxylic acids is 1. The number of fused-ring (bicyclic) bond motifs is 2. The van der Waals surface area contributed by atoms with Gasteiger partial charge in [0, 0.05) is 12.3 Å². The first-order valence-corrected chi connectivity index (χ1v) is 9.51. The van der Waals surface area contributed by atoms with Gasteiger partial charge in [-0.15, -0.1) is 0 Å². The van der Waals surface area contributed by atoms with E-state index in [2.05, 4.69) is 0 Å². The molecule has 0 saturated carbocycles. The number of ether oxygens (including phenoxy) is 2. The highest BCUT2D eigenvalue weighted by molar-refractivity contribution is 7.86. The molecule has 2 aliphatic rings. The van der Waals surface area contributed by atoms with E-state index in [0.717, 1.165) is 6.26 Å². The van der Waals surface area contributed by atoms with Crippen molar-refractivity contribution in [2.24, 2.45) is 0 Å². The Labute approximate surface area is 144 Å². The molecule has 0 aromatic heterocycles. The monoisotopic (exact) mass is 370 g/mol. The molecule has 2 aliphatic heterocycles. The fourth-order valence-corrected chi connectivity index (χ4v) is 4.02. The normalized spacial score (nSPS) is 28.6. The molecule has 8 nitrogen and oxygen atoms in total. The Morgan fingerprint density at radius 2 is 2.08 bits per heavy atom. The van der Waals surface area contributed by atoms with Crippen LogP contribution in [0.15, 0.2) is 18.2 Å². The van der Waals surface area contributed by atoms with Crippen LogP contribution in [0.1, 0.15) is 30.7 Å². The lowest BCUT2D eigenvalue weighted by atomic mass is 9.79. The van der Waals surface area contributed by atoms with E-state index in [1.807, 2.05) is 0 Å². The summed E-state index contributed by atoms with van der Waals surface area (Å²) in [5.41, 5.74) is -1.37. The summed E-state index contributed by atoms with van der Waals surface area (Å²) in [4.78, 5) is 24.2. The quantitative estimate of drug-likeness (QED) is 0.605. The Kier molecular flexibility index (Phi) is 4.24. The Hall–Kier alpha value is -2.13. The van der Waals surface area contributed by atoms with Gasteiger partial charge in [0.2, 0.25) is 5.60 Å². The minimum absolute atomic E-state index is 0.00802. The van der Waals surface area contributed by atoms with Crippen molar-refractivity contribution in [3.05, 3.63) is 23.8 Å². The maximum atomic E-state index is 12.4. The molecule has 1 aromatic rings. The molecule has 0 aliphatic carbocycles. The van der Waals surface area contributed by atoms with E-state index in [4.69, 9.17) is 13.7 Å². The predicted molar refractivity (Wildman–Crippen MR) is 85.3 cm³/mol. The summed E-state index contributed by atoms with van der Waals surface area (Å²) in [6.45, 7) is 0. The molecule has 3 rings (SSSR count). The molecular formula is C16H18O8S. The number of ketones is 1. The molecule has 2 heterocycles. The van der Waals surface area contributed by atoms with Crippen molar-refractivity contribution in [3.63, 3.8) is 0 Å². The molecule has 1 N–H and O–H groups in total. The molecule has 0 radical (unpaired) electrons. The maximum absolute atomic E-state index is 12.4. The van der Waals surface area contributed by atoms with E-state index in [0.29, 0.717) is 18.4 Å². The summed E-state index contributed by atoms with van der Waals surface area (Å²) in [5, 5.41) is 9.67. The van der Waals surface area contributed by atoms with Gasteiger partial charge in [-0.3, -0.25) is 4.79 Å². The van der Waals surface area contributed by atoms with Gasteiger partial charge in [0.15, 0.2) is 17.3 Å².